The molecule has 0 aliphatic carbocycles. The van der Waals surface area contributed by atoms with E-state index >= 15 is 0 Å². The van der Waals surface area contributed by atoms with Gasteiger partial charge in [-0.3, -0.25) is 4.98 Å². The van der Waals surface area contributed by atoms with Crippen molar-refractivity contribution in [2.45, 2.75) is 13.5 Å². The second-order valence-electron chi connectivity index (χ2n) is 6.44. The van der Waals surface area contributed by atoms with Gasteiger partial charge in [0.15, 0.2) is 11.5 Å². The van der Waals surface area contributed by atoms with Crippen LogP contribution in [-0.4, -0.2) is 32.7 Å². The number of hydrogen-bond acceptors (Lipinski definition) is 6. The van der Waals surface area contributed by atoms with Gasteiger partial charge in [-0.05, 0) is 36.8 Å². The van der Waals surface area contributed by atoms with E-state index in [0.29, 0.717) is 17.2 Å². The number of rotatable bonds is 5. The largest absolute Gasteiger partial charge is 0.454 e. The minimum absolute atomic E-state index is 0.185. The summed E-state index contributed by atoms with van der Waals surface area (Å²) in [5.74, 6) is 1.33. The highest BCUT2D eigenvalue weighted by Gasteiger charge is 2.16. The van der Waals surface area contributed by atoms with Crippen molar-refractivity contribution in [3.63, 3.8) is 0 Å². The zero-order valence-corrected chi connectivity index (χ0v) is 15.4. The Morgan fingerprint density at radius 2 is 2.03 bits per heavy atom. The average molecular weight is 401 g/mol. The molecule has 2 aromatic heterocycles. The van der Waals surface area contributed by atoms with Gasteiger partial charge in [0.2, 0.25) is 6.79 Å². The first kappa shape index (κ1) is 18.8. The van der Waals surface area contributed by atoms with Crippen molar-refractivity contribution in [1.82, 2.24) is 19.3 Å². The molecule has 8 nitrogen and oxygen atoms in total. The van der Waals surface area contributed by atoms with Crippen LogP contribution in [-0.2, 0) is 6.54 Å². The molecule has 0 radical (unpaired) electrons. The van der Waals surface area contributed by atoms with Crippen molar-refractivity contribution >= 4 is 0 Å². The molecule has 1 aliphatic heterocycles. The van der Waals surface area contributed by atoms with E-state index in [1.54, 1.807) is 6.07 Å². The second-order valence-corrected chi connectivity index (χ2v) is 6.44. The summed E-state index contributed by atoms with van der Waals surface area (Å²) < 4.78 is 38.5. The molecule has 1 aromatic carbocycles. The minimum atomic E-state index is -1.90. The molecule has 150 valence electrons. The average Bonchev–Trinajstić information content (AvgIpc) is 3.31. The molecule has 10 heteroatoms. The highest BCUT2D eigenvalue weighted by atomic mass is 19.3. The minimum Gasteiger partial charge on any atom is -0.454 e. The first-order valence-corrected chi connectivity index (χ1v) is 8.72. The Labute approximate surface area is 163 Å². The summed E-state index contributed by atoms with van der Waals surface area (Å²) in [6.07, 6.45) is 0.888. The third-order valence-electron chi connectivity index (χ3n) is 4.58. The quantitative estimate of drug-likeness (QED) is 0.704. The highest BCUT2D eigenvalue weighted by Crippen LogP contribution is 2.36. The lowest BCUT2D eigenvalue weighted by molar-refractivity contribution is 0.174. The van der Waals surface area contributed by atoms with E-state index in [1.165, 1.54) is 17.1 Å². The van der Waals surface area contributed by atoms with E-state index in [9.17, 15) is 13.6 Å². The van der Waals surface area contributed by atoms with Crippen molar-refractivity contribution in [3.05, 3.63) is 64.5 Å². The molecule has 29 heavy (non-hydrogen) atoms. The summed E-state index contributed by atoms with van der Waals surface area (Å²) in [7, 11) is 0. The summed E-state index contributed by atoms with van der Waals surface area (Å²) in [6, 6.07) is 7.30. The maximum atomic E-state index is 12.8. The van der Waals surface area contributed by atoms with Crippen LogP contribution >= 0.6 is 0 Å². The van der Waals surface area contributed by atoms with Crippen molar-refractivity contribution < 1.29 is 18.3 Å². The molecule has 2 N–H and O–H groups in total. The Balaban J connectivity index is 1.65. The monoisotopic (exact) mass is 401 g/mol. The van der Waals surface area contributed by atoms with Crippen molar-refractivity contribution in [2.24, 2.45) is 5.73 Å². The zero-order valence-electron chi connectivity index (χ0n) is 15.4. The second kappa shape index (κ2) is 7.47. The summed E-state index contributed by atoms with van der Waals surface area (Å²) >= 11 is 0. The Hall–Kier alpha value is -3.53. The van der Waals surface area contributed by atoms with E-state index < -0.39 is 11.8 Å². The van der Waals surface area contributed by atoms with Crippen LogP contribution in [0.15, 0.2) is 53.2 Å². The molecule has 4 rings (SSSR count). The molecule has 1 aliphatic rings. The molecular weight excluding hydrogens is 384 g/mol. The van der Waals surface area contributed by atoms with Crippen LogP contribution in [0, 0.1) is 6.92 Å². The van der Waals surface area contributed by atoms with E-state index in [4.69, 9.17) is 15.2 Å². The van der Waals surface area contributed by atoms with Crippen LogP contribution in [0.25, 0.3) is 16.9 Å². The normalized spacial score (nSPS) is 12.3. The topological polar surface area (TPSA) is 97.2 Å². The zero-order chi connectivity index (χ0) is 20.5. The fraction of sp³-hybridized carbons (Fsp3) is 0.211. The van der Waals surface area contributed by atoms with Crippen LogP contribution in [0.2, 0.25) is 0 Å². The Morgan fingerprint density at radius 1 is 1.24 bits per heavy atom. The summed E-state index contributed by atoms with van der Waals surface area (Å²) in [5.41, 5.74) is 7.26. The standard InChI is InChI=1S/C19H17F2N5O3/c1-11-4-14(25-9-24-26(19(25)27)8-13(6-22)18(20)21)7-23-17(11)12-2-3-15-16(5-12)29-10-28-15/h2-5,7,9H,6,8,10,22H2,1H3. The number of hydrogen-bond donors (Lipinski definition) is 1. The number of pyridine rings is 1. The van der Waals surface area contributed by atoms with E-state index in [-0.39, 0.29) is 25.5 Å². The van der Waals surface area contributed by atoms with Gasteiger partial charge in [0.1, 0.15) is 6.33 Å². The predicted octanol–water partition coefficient (Wildman–Crippen LogP) is 2.24. The molecule has 0 saturated heterocycles. The molecular formula is C19H17F2N5O3. The van der Waals surface area contributed by atoms with E-state index in [2.05, 4.69) is 10.1 Å². The van der Waals surface area contributed by atoms with Gasteiger partial charge in [-0.25, -0.2) is 14.0 Å². The number of halogens is 2. The SMILES string of the molecule is Cc1cc(-n2cnn(CC(CN)=C(F)F)c2=O)cnc1-c1ccc2c(c1)OCO2. The number of nitrogens with two attached hydrogens (primary N) is 1. The Kier molecular flexibility index (Phi) is 4.85. The number of aryl methyl sites for hydroxylation is 1. The lowest BCUT2D eigenvalue weighted by Crippen LogP contribution is -2.26. The first-order chi connectivity index (χ1) is 14.0. The van der Waals surface area contributed by atoms with Gasteiger partial charge in [0, 0.05) is 17.7 Å². The molecule has 0 unspecified atom stereocenters. The number of nitrogens with zero attached hydrogens (tertiary/aromatic N) is 4. The molecule has 0 fully saturated rings. The number of aromatic nitrogens is 4. The van der Waals surface area contributed by atoms with Gasteiger partial charge in [-0.15, -0.1) is 0 Å². The molecule has 0 bridgehead atoms. The fourth-order valence-electron chi connectivity index (χ4n) is 3.04. The van der Waals surface area contributed by atoms with Crippen molar-refractivity contribution in [2.75, 3.05) is 13.3 Å². The van der Waals surface area contributed by atoms with Crippen LogP contribution in [0.3, 0.4) is 0 Å². The van der Waals surface area contributed by atoms with Crippen molar-refractivity contribution in [1.29, 1.82) is 0 Å². The number of fused-ring (bicyclic) bond motifs is 1. The van der Waals surface area contributed by atoms with Crippen LogP contribution in [0.4, 0.5) is 8.78 Å². The van der Waals surface area contributed by atoms with Crippen LogP contribution in [0.1, 0.15) is 5.56 Å². The number of benzene rings is 1. The van der Waals surface area contributed by atoms with Gasteiger partial charge in [-0.1, -0.05) is 0 Å². The third kappa shape index (κ3) is 3.49. The van der Waals surface area contributed by atoms with E-state index in [1.807, 2.05) is 25.1 Å². The number of ether oxygens (including phenoxy) is 2. The van der Waals surface area contributed by atoms with Gasteiger partial charge in [-0.2, -0.15) is 13.9 Å². The van der Waals surface area contributed by atoms with Crippen LogP contribution in [0.5, 0.6) is 11.5 Å². The Morgan fingerprint density at radius 3 is 2.76 bits per heavy atom. The van der Waals surface area contributed by atoms with Crippen LogP contribution < -0.4 is 20.9 Å². The maximum Gasteiger partial charge on any atom is 0.350 e. The summed E-state index contributed by atoms with van der Waals surface area (Å²) in [5, 5.41) is 3.90. The molecule has 0 spiro atoms. The van der Waals surface area contributed by atoms with Gasteiger partial charge in [0.05, 0.1) is 24.1 Å². The van der Waals surface area contributed by atoms with Gasteiger partial charge < -0.3 is 15.2 Å². The third-order valence-corrected chi connectivity index (χ3v) is 4.58. The molecule has 0 saturated carbocycles. The van der Waals surface area contributed by atoms with Gasteiger partial charge in [0.25, 0.3) is 6.08 Å². The highest BCUT2D eigenvalue weighted by molar-refractivity contribution is 5.67. The first-order valence-electron chi connectivity index (χ1n) is 8.72. The molecule has 3 heterocycles. The lowest BCUT2D eigenvalue weighted by atomic mass is 10.1. The fourth-order valence-corrected chi connectivity index (χ4v) is 3.04. The maximum absolute atomic E-state index is 12.8. The summed E-state index contributed by atoms with van der Waals surface area (Å²) in [6.45, 7) is 1.32. The molecule has 3 aromatic rings. The Bertz CT molecular complexity index is 1160. The summed E-state index contributed by atoms with van der Waals surface area (Å²) in [4.78, 5) is 17.0. The lowest BCUT2D eigenvalue weighted by Gasteiger charge is -2.08. The molecule has 0 atom stereocenters. The van der Waals surface area contributed by atoms with Crippen molar-refractivity contribution in [3.8, 4) is 28.4 Å². The van der Waals surface area contributed by atoms with Gasteiger partial charge >= 0.3 is 5.69 Å². The van der Waals surface area contributed by atoms with E-state index in [0.717, 1.165) is 21.5 Å². The predicted molar refractivity (Wildman–Crippen MR) is 100 cm³/mol. The smallest absolute Gasteiger partial charge is 0.350 e. The molecule has 0 amide bonds.